The Labute approximate surface area is 137 Å². The average molecular weight is 329 g/mol. The molecule has 23 heavy (non-hydrogen) atoms. The predicted octanol–water partition coefficient (Wildman–Crippen LogP) is 2.05. The minimum absolute atomic E-state index is 0.103. The number of hydrogen-bond acceptors (Lipinski definition) is 6. The molecule has 8 heteroatoms. The van der Waals surface area contributed by atoms with Gasteiger partial charge < -0.3 is 9.73 Å². The van der Waals surface area contributed by atoms with Crippen LogP contribution >= 0.6 is 11.8 Å². The number of amides is 1. The number of aromatic nitrogens is 4. The normalized spacial score (nSPS) is 12.0. The molecule has 1 N–H and O–H groups in total. The molecule has 0 saturated carbocycles. The Morgan fingerprint density at radius 2 is 2.13 bits per heavy atom. The molecule has 3 aromatic rings. The number of benzene rings is 1. The van der Waals surface area contributed by atoms with Crippen LogP contribution < -0.4 is 5.32 Å². The second-order valence-corrected chi connectivity index (χ2v) is 6.07. The Balaban J connectivity index is 1.63. The zero-order valence-electron chi connectivity index (χ0n) is 12.4. The van der Waals surface area contributed by atoms with Crippen molar-refractivity contribution in [2.75, 3.05) is 0 Å². The number of hydrogen-bond donors (Lipinski definition) is 1. The maximum absolute atomic E-state index is 12.2. The van der Waals surface area contributed by atoms with Crippen LogP contribution in [0.3, 0.4) is 0 Å². The summed E-state index contributed by atoms with van der Waals surface area (Å²) in [6.45, 7) is 2.17. The van der Waals surface area contributed by atoms with Gasteiger partial charge >= 0.3 is 0 Å². The van der Waals surface area contributed by atoms with Crippen molar-refractivity contribution >= 4 is 17.7 Å². The molecule has 0 saturated heterocycles. The monoisotopic (exact) mass is 329 g/mol. The molecule has 1 amide bonds. The summed E-state index contributed by atoms with van der Waals surface area (Å²) in [4.78, 5) is 12.2. The van der Waals surface area contributed by atoms with Gasteiger partial charge in [-0.15, -0.1) is 5.10 Å². The standard InChI is InChI=1S/C15H15N5O2S/c1-11(14(21)16-10-13-8-5-9-22-13)23-15-17-18-19-20(15)12-6-3-2-4-7-12/h2-9,11H,10H2,1H3,(H,16,21)/t11-/m0/s1. The summed E-state index contributed by atoms with van der Waals surface area (Å²) in [5.74, 6) is 0.610. The van der Waals surface area contributed by atoms with Gasteiger partial charge in [0.2, 0.25) is 11.1 Å². The van der Waals surface area contributed by atoms with E-state index in [4.69, 9.17) is 4.42 Å². The number of nitrogens with one attached hydrogen (secondary N) is 1. The van der Waals surface area contributed by atoms with E-state index < -0.39 is 0 Å². The van der Waals surface area contributed by atoms with Crippen molar-refractivity contribution in [3.63, 3.8) is 0 Å². The second-order valence-electron chi connectivity index (χ2n) is 4.77. The third-order valence-electron chi connectivity index (χ3n) is 3.11. The topological polar surface area (TPSA) is 85.8 Å². The summed E-state index contributed by atoms with van der Waals surface area (Å²) in [7, 11) is 0. The van der Waals surface area contributed by atoms with Crippen molar-refractivity contribution in [2.24, 2.45) is 0 Å². The molecule has 1 aromatic carbocycles. The molecule has 7 nitrogen and oxygen atoms in total. The number of carbonyl (C=O) groups is 1. The SMILES string of the molecule is C[C@H](Sc1nnnn1-c1ccccc1)C(=O)NCc1ccco1. The van der Waals surface area contributed by atoms with E-state index in [9.17, 15) is 4.79 Å². The van der Waals surface area contributed by atoms with Crippen molar-refractivity contribution in [2.45, 2.75) is 23.9 Å². The highest BCUT2D eigenvalue weighted by atomic mass is 32.2. The fourth-order valence-corrected chi connectivity index (χ4v) is 2.76. The van der Waals surface area contributed by atoms with Crippen molar-refractivity contribution in [3.8, 4) is 5.69 Å². The number of para-hydroxylation sites is 1. The molecule has 1 atom stereocenters. The zero-order chi connectivity index (χ0) is 16.1. The van der Waals surface area contributed by atoms with Crippen LogP contribution in [0, 0.1) is 0 Å². The van der Waals surface area contributed by atoms with E-state index in [1.54, 1.807) is 17.0 Å². The minimum Gasteiger partial charge on any atom is -0.467 e. The van der Waals surface area contributed by atoms with Crippen LogP contribution in [0.4, 0.5) is 0 Å². The highest BCUT2D eigenvalue weighted by Crippen LogP contribution is 2.22. The van der Waals surface area contributed by atoms with Crippen molar-refractivity contribution in [1.82, 2.24) is 25.5 Å². The highest BCUT2D eigenvalue weighted by Gasteiger charge is 2.19. The van der Waals surface area contributed by atoms with E-state index >= 15 is 0 Å². The number of tetrazole rings is 1. The molecular formula is C15H15N5O2S. The number of nitrogens with zero attached hydrogens (tertiary/aromatic N) is 4. The van der Waals surface area contributed by atoms with Gasteiger partial charge in [0.1, 0.15) is 5.76 Å². The Kier molecular flexibility index (Phi) is 4.72. The summed E-state index contributed by atoms with van der Waals surface area (Å²) in [5, 5.41) is 14.7. The van der Waals surface area contributed by atoms with Gasteiger partial charge in [-0.25, -0.2) is 0 Å². The summed E-state index contributed by atoms with van der Waals surface area (Å²) in [5.41, 5.74) is 0.850. The quantitative estimate of drug-likeness (QED) is 0.697. The molecule has 0 spiro atoms. The molecule has 2 heterocycles. The number of rotatable bonds is 6. The lowest BCUT2D eigenvalue weighted by Crippen LogP contribution is -2.30. The Bertz CT molecular complexity index is 757. The van der Waals surface area contributed by atoms with Crippen LogP contribution in [0.1, 0.15) is 12.7 Å². The van der Waals surface area contributed by atoms with Gasteiger partial charge in [-0.05, 0) is 41.6 Å². The van der Waals surface area contributed by atoms with Crippen LogP contribution in [0.15, 0.2) is 58.3 Å². The van der Waals surface area contributed by atoms with Crippen molar-refractivity contribution in [1.29, 1.82) is 0 Å². The van der Waals surface area contributed by atoms with E-state index in [0.29, 0.717) is 17.5 Å². The van der Waals surface area contributed by atoms with Crippen LogP contribution in [0.25, 0.3) is 5.69 Å². The first kappa shape index (κ1) is 15.3. The number of thioether (sulfide) groups is 1. The van der Waals surface area contributed by atoms with Crippen molar-refractivity contribution < 1.29 is 9.21 Å². The number of furan rings is 1. The first-order valence-electron chi connectivity index (χ1n) is 7.04. The lowest BCUT2D eigenvalue weighted by atomic mass is 10.3. The van der Waals surface area contributed by atoms with Crippen LogP contribution in [-0.4, -0.2) is 31.4 Å². The number of carbonyl (C=O) groups excluding carboxylic acids is 1. The average Bonchev–Trinajstić information content (AvgIpc) is 3.25. The fraction of sp³-hybridized carbons (Fsp3) is 0.200. The van der Waals surface area contributed by atoms with Gasteiger partial charge in [0, 0.05) is 0 Å². The summed E-state index contributed by atoms with van der Waals surface area (Å²) >= 11 is 1.30. The molecule has 0 bridgehead atoms. The molecule has 3 rings (SSSR count). The second kappa shape index (κ2) is 7.10. The fourth-order valence-electron chi connectivity index (χ4n) is 1.93. The van der Waals surface area contributed by atoms with E-state index in [1.165, 1.54) is 11.8 Å². The lowest BCUT2D eigenvalue weighted by Gasteiger charge is -2.11. The molecule has 0 aliphatic heterocycles. The molecule has 0 unspecified atom stereocenters. The Morgan fingerprint density at radius 3 is 2.87 bits per heavy atom. The minimum atomic E-state index is -0.335. The van der Waals surface area contributed by atoms with Crippen molar-refractivity contribution in [3.05, 3.63) is 54.5 Å². The summed E-state index contributed by atoms with van der Waals surface area (Å²) in [6, 6.07) is 13.1. The van der Waals surface area contributed by atoms with Gasteiger partial charge in [0.05, 0.1) is 23.7 Å². The van der Waals surface area contributed by atoms with Gasteiger partial charge in [-0.1, -0.05) is 30.0 Å². The first-order chi connectivity index (χ1) is 11.2. The van der Waals surface area contributed by atoms with Gasteiger partial charge in [-0.3, -0.25) is 4.79 Å². The zero-order valence-corrected chi connectivity index (χ0v) is 13.2. The first-order valence-corrected chi connectivity index (χ1v) is 7.92. The molecule has 0 aliphatic rings. The van der Waals surface area contributed by atoms with Gasteiger partial charge in [-0.2, -0.15) is 4.68 Å². The molecule has 0 aliphatic carbocycles. The molecular weight excluding hydrogens is 314 g/mol. The maximum atomic E-state index is 12.2. The van der Waals surface area contributed by atoms with Crippen LogP contribution in [-0.2, 0) is 11.3 Å². The molecule has 0 radical (unpaired) electrons. The Hall–Kier alpha value is -2.61. The summed E-state index contributed by atoms with van der Waals surface area (Å²) < 4.78 is 6.80. The smallest absolute Gasteiger partial charge is 0.233 e. The Morgan fingerprint density at radius 1 is 1.30 bits per heavy atom. The third-order valence-corrected chi connectivity index (χ3v) is 4.14. The maximum Gasteiger partial charge on any atom is 0.233 e. The van der Waals surface area contributed by atoms with E-state index in [-0.39, 0.29) is 11.2 Å². The van der Waals surface area contributed by atoms with E-state index in [2.05, 4.69) is 20.8 Å². The largest absolute Gasteiger partial charge is 0.467 e. The lowest BCUT2D eigenvalue weighted by molar-refractivity contribution is -0.120. The molecule has 118 valence electrons. The van der Waals surface area contributed by atoms with Crippen LogP contribution in [0.2, 0.25) is 0 Å². The highest BCUT2D eigenvalue weighted by molar-refractivity contribution is 8.00. The molecule has 2 aromatic heterocycles. The van der Waals surface area contributed by atoms with Crippen LogP contribution in [0.5, 0.6) is 0 Å². The summed E-state index contributed by atoms with van der Waals surface area (Å²) in [6.07, 6.45) is 1.58. The molecule has 0 fully saturated rings. The van der Waals surface area contributed by atoms with E-state index in [0.717, 1.165) is 5.69 Å². The predicted molar refractivity (Wildman–Crippen MR) is 85.0 cm³/mol. The third kappa shape index (κ3) is 3.78. The van der Waals surface area contributed by atoms with Gasteiger partial charge in [0.25, 0.3) is 0 Å². The van der Waals surface area contributed by atoms with E-state index in [1.807, 2.05) is 43.3 Å². The van der Waals surface area contributed by atoms with Gasteiger partial charge in [0.15, 0.2) is 0 Å².